The molecule has 0 aliphatic rings. The molecule has 26 heavy (non-hydrogen) atoms. The number of halogens is 1. The summed E-state index contributed by atoms with van der Waals surface area (Å²) < 4.78 is 30.6. The molecule has 0 fully saturated rings. The molecule has 0 aliphatic heterocycles. The Hall–Kier alpha value is -2.42. The smallest absolute Gasteiger partial charge is 0.340 e. The van der Waals surface area contributed by atoms with Crippen LogP contribution in [0.15, 0.2) is 53.4 Å². The second kappa shape index (κ2) is 7.86. The molecule has 0 spiro atoms. The summed E-state index contributed by atoms with van der Waals surface area (Å²) in [6.07, 6.45) is -1.33. The van der Waals surface area contributed by atoms with E-state index in [-0.39, 0.29) is 15.5 Å². The normalized spacial score (nSPS) is 12.6. The number of rotatable bonds is 6. The van der Waals surface area contributed by atoms with Gasteiger partial charge in [0, 0.05) is 19.7 Å². The number of carbonyl (C=O) groups is 2. The highest BCUT2D eigenvalue weighted by atomic mass is 35.5. The van der Waals surface area contributed by atoms with E-state index < -0.39 is 28.0 Å². The first-order chi connectivity index (χ1) is 12.1. The van der Waals surface area contributed by atoms with Gasteiger partial charge >= 0.3 is 5.97 Å². The highest BCUT2D eigenvalue weighted by molar-refractivity contribution is 7.89. The van der Waals surface area contributed by atoms with Gasteiger partial charge in [0.05, 0.1) is 15.5 Å². The first-order valence-electron chi connectivity index (χ1n) is 7.42. The van der Waals surface area contributed by atoms with Crippen molar-refractivity contribution >= 4 is 33.5 Å². The van der Waals surface area contributed by atoms with Gasteiger partial charge in [-0.2, -0.15) is 0 Å². The minimum Gasteiger partial charge on any atom is -0.444 e. The Bertz CT molecular complexity index is 929. The molecule has 1 atom stereocenters. The van der Waals surface area contributed by atoms with Gasteiger partial charge in [0.25, 0.3) is 5.91 Å². The summed E-state index contributed by atoms with van der Waals surface area (Å²) in [4.78, 5) is 24.0. The van der Waals surface area contributed by atoms with Crippen LogP contribution in [0.5, 0.6) is 0 Å². The number of benzene rings is 2. The summed E-state index contributed by atoms with van der Waals surface area (Å²) in [5.74, 6) is -1.82. The zero-order valence-corrected chi connectivity index (χ0v) is 15.6. The Kier molecular flexibility index (Phi) is 6.01. The van der Waals surface area contributed by atoms with Crippen LogP contribution in [-0.4, -0.2) is 38.7 Å². The van der Waals surface area contributed by atoms with Crippen molar-refractivity contribution in [2.24, 2.45) is 5.73 Å². The number of hydrogen-bond donors (Lipinski definition) is 1. The van der Waals surface area contributed by atoms with E-state index in [9.17, 15) is 18.0 Å². The standard InChI is InChI=1S/C17H17ClN2O5S/c1-20(2)26(23,24)12-8-9-14(18)13(10-12)17(22)25-15(16(19)21)11-6-4-3-5-7-11/h3-10,15H,1-2H3,(H2,19,21). The lowest BCUT2D eigenvalue weighted by Gasteiger charge is -2.16. The van der Waals surface area contributed by atoms with Gasteiger partial charge in [-0.15, -0.1) is 0 Å². The van der Waals surface area contributed by atoms with Crippen LogP contribution in [0.2, 0.25) is 5.02 Å². The minimum absolute atomic E-state index is 0.0102. The van der Waals surface area contributed by atoms with Crippen molar-refractivity contribution in [1.82, 2.24) is 4.31 Å². The number of primary amides is 1. The molecular weight excluding hydrogens is 380 g/mol. The van der Waals surface area contributed by atoms with Crippen molar-refractivity contribution in [3.63, 3.8) is 0 Å². The van der Waals surface area contributed by atoms with Crippen molar-refractivity contribution in [3.8, 4) is 0 Å². The largest absolute Gasteiger partial charge is 0.444 e. The molecule has 0 bridgehead atoms. The van der Waals surface area contributed by atoms with Gasteiger partial charge in [-0.3, -0.25) is 4.79 Å². The second-order valence-electron chi connectivity index (χ2n) is 5.53. The number of nitrogens with zero attached hydrogens (tertiary/aromatic N) is 1. The van der Waals surface area contributed by atoms with Gasteiger partial charge in [-0.05, 0) is 18.2 Å². The summed E-state index contributed by atoms with van der Waals surface area (Å²) in [5.41, 5.74) is 5.53. The monoisotopic (exact) mass is 396 g/mol. The van der Waals surface area contributed by atoms with Crippen molar-refractivity contribution in [1.29, 1.82) is 0 Å². The quantitative estimate of drug-likeness (QED) is 0.751. The van der Waals surface area contributed by atoms with Crippen LogP contribution < -0.4 is 5.73 Å². The Morgan fingerprint density at radius 2 is 1.73 bits per heavy atom. The lowest BCUT2D eigenvalue weighted by atomic mass is 10.1. The fourth-order valence-corrected chi connectivity index (χ4v) is 3.24. The number of carbonyl (C=O) groups excluding carboxylic acids is 2. The van der Waals surface area contributed by atoms with Crippen LogP contribution in [0.3, 0.4) is 0 Å². The van der Waals surface area contributed by atoms with E-state index in [1.165, 1.54) is 26.2 Å². The zero-order valence-electron chi connectivity index (χ0n) is 14.0. The van der Waals surface area contributed by atoms with E-state index >= 15 is 0 Å². The SMILES string of the molecule is CN(C)S(=O)(=O)c1ccc(Cl)c(C(=O)OC(C(N)=O)c2ccccc2)c1. The molecule has 2 aromatic carbocycles. The van der Waals surface area contributed by atoms with Gasteiger partial charge in [0.1, 0.15) is 0 Å². The maximum absolute atomic E-state index is 12.5. The van der Waals surface area contributed by atoms with Crippen molar-refractivity contribution in [3.05, 3.63) is 64.7 Å². The average Bonchev–Trinajstić information content (AvgIpc) is 2.60. The van der Waals surface area contributed by atoms with Crippen molar-refractivity contribution in [2.45, 2.75) is 11.0 Å². The average molecular weight is 397 g/mol. The van der Waals surface area contributed by atoms with Gasteiger partial charge in [-0.25, -0.2) is 17.5 Å². The maximum Gasteiger partial charge on any atom is 0.340 e. The van der Waals surface area contributed by atoms with Crippen LogP contribution in [0.1, 0.15) is 22.0 Å². The molecule has 0 radical (unpaired) electrons. The third-order valence-corrected chi connectivity index (χ3v) is 5.66. The van der Waals surface area contributed by atoms with Crippen LogP contribution >= 0.6 is 11.6 Å². The number of nitrogens with two attached hydrogens (primary N) is 1. The van der Waals surface area contributed by atoms with Gasteiger partial charge in [0.2, 0.25) is 16.1 Å². The molecule has 1 amide bonds. The van der Waals surface area contributed by atoms with Gasteiger partial charge in [-0.1, -0.05) is 41.9 Å². The fraction of sp³-hybridized carbons (Fsp3) is 0.176. The van der Waals surface area contributed by atoms with Crippen molar-refractivity contribution < 1.29 is 22.7 Å². The van der Waals surface area contributed by atoms with E-state index in [0.29, 0.717) is 5.56 Å². The second-order valence-corrected chi connectivity index (χ2v) is 8.09. The summed E-state index contributed by atoms with van der Waals surface area (Å²) in [7, 11) is -1.05. The van der Waals surface area contributed by atoms with Crippen LogP contribution in [-0.2, 0) is 19.6 Å². The Morgan fingerprint density at radius 3 is 2.27 bits per heavy atom. The summed E-state index contributed by atoms with van der Waals surface area (Å²) in [6.45, 7) is 0. The van der Waals surface area contributed by atoms with E-state index in [1.54, 1.807) is 30.3 Å². The first-order valence-corrected chi connectivity index (χ1v) is 9.23. The fourth-order valence-electron chi connectivity index (χ4n) is 2.12. The molecule has 138 valence electrons. The van der Waals surface area contributed by atoms with Crippen LogP contribution in [0.25, 0.3) is 0 Å². The number of sulfonamides is 1. The number of hydrogen-bond acceptors (Lipinski definition) is 5. The van der Waals surface area contributed by atoms with E-state index in [0.717, 1.165) is 10.4 Å². The van der Waals surface area contributed by atoms with Gasteiger partial charge in [0.15, 0.2) is 0 Å². The number of esters is 1. The molecule has 0 aromatic heterocycles. The minimum atomic E-state index is -3.77. The predicted octanol–water partition coefficient (Wildman–Crippen LogP) is 1.97. The molecule has 2 N–H and O–H groups in total. The van der Waals surface area contributed by atoms with Crippen molar-refractivity contribution in [2.75, 3.05) is 14.1 Å². The molecule has 1 unspecified atom stereocenters. The molecular formula is C17H17ClN2O5S. The maximum atomic E-state index is 12.5. The highest BCUT2D eigenvalue weighted by Crippen LogP contribution is 2.25. The van der Waals surface area contributed by atoms with Crippen LogP contribution in [0.4, 0.5) is 0 Å². The van der Waals surface area contributed by atoms with E-state index in [4.69, 9.17) is 22.1 Å². The van der Waals surface area contributed by atoms with E-state index in [2.05, 4.69) is 0 Å². The summed E-state index contributed by atoms with van der Waals surface area (Å²) >= 11 is 6.00. The highest BCUT2D eigenvalue weighted by Gasteiger charge is 2.26. The third-order valence-electron chi connectivity index (χ3n) is 3.52. The molecule has 9 heteroatoms. The zero-order chi connectivity index (χ0) is 19.5. The Morgan fingerprint density at radius 1 is 1.12 bits per heavy atom. The lowest BCUT2D eigenvalue weighted by molar-refractivity contribution is -0.127. The lowest BCUT2D eigenvalue weighted by Crippen LogP contribution is -2.26. The molecule has 0 saturated heterocycles. The Labute approximate surface area is 156 Å². The number of ether oxygens (including phenoxy) is 1. The number of amides is 1. The van der Waals surface area contributed by atoms with Gasteiger partial charge < -0.3 is 10.5 Å². The molecule has 2 rings (SSSR count). The predicted molar refractivity (Wildman–Crippen MR) is 96.1 cm³/mol. The summed E-state index contributed by atoms with van der Waals surface area (Å²) in [5, 5.41) is -0.0102. The van der Waals surface area contributed by atoms with E-state index in [1.807, 2.05) is 0 Å². The molecule has 0 saturated carbocycles. The first kappa shape index (κ1) is 19.9. The molecule has 0 aliphatic carbocycles. The Balaban J connectivity index is 2.39. The molecule has 0 heterocycles. The third kappa shape index (κ3) is 4.21. The molecule has 7 nitrogen and oxygen atoms in total. The van der Waals surface area contributed by atoms with Crippen LogP contribution in [0, 0.1) is 0 Å². The topological polar surface area (TPSA) is 107 Å². The summed E-state index contributed by atoms with van der Waals surface area (Å²) in [6, 6.07) is 11.9. The molecule has 2 aromatic rings.